The number of para-hydroxylation sites is 1. The number of hydrogen-bond donors (Lipinski definition) is 2. The molecule has 0 radical (unpaired) electrons. The molecule has 0 aliphatic carbocycles. The molecule has 108 valence electrons. The van der Waals surface area contributed by atoms with E-state index in [0.717, 1.165) is 0 Å². The number of aliphatic carboxylic acids is 1. The third-order valence-electron chi connectivity index (χ3n) is 3.01. The summed E-state index contributed by atoms with van der Waals surface area (Å²) in [5.41, 5.74) is 0.801. The van der Waals surface area contributed by atoms with E-state index in [1.807, 2.05) is 0 Å². The van der Waals surface area contributed by atoms with Crippen LogP contribution in [0.1, 0.15) is 22.0 Å². The zero-order valence-corrected chi connectivity index (χ0v) is 11.4. The molecule has 21 heavy (non-hydrogen) atoms. The quantitative estimate of drug-likeness (QED) is 0.883. The molecule has 1 atom stereocenters. The number of methoxy groups -OCH3 is 1. The van der Waals surface area contributed by atoms with Gasteiger partial charge >= 0.3 is 5.97 Å². The Labute approximate surface area is 122 Å². The lowest BCUT2D eigenvalue weighted by Crippen LogP contribution is -2.33. The van der Waals surface area contributed by atoms with Crippen molar-refractivity contribution < 1.29 is 19.4 Å². The number of hydrogen-bond acceptors (Lipinski definition) is 3. The molecule has 1 amide bonds. The Balaban J connectivity index is 2.25. The normalized spacial score (nSPS) is 11.5. The van der Waals surface area contributed by atoms with E-state index >= 15 is 0 Å². The molecule has 0 bridgehead atoms. The fourth-order valence-electron chi connectivity index (χ4n) is 1.97. The van der Waals surface area contributed by atoms with Crippen LogP contribution in [-0.2, 0) is 4.79 Å². The predicted octanol–water partition coefficient (Wildman–Crippen LogP) is 2.25. The number of carbonyl (C=O) groups excluding carboxylic acids is 1. The minimum absolute atomic E-state index is 0.294. The van der Waals surface area contributed by atoms with Gasteiger partial charge in [0, 0.05) is 0 Å². The number of carbonyl (C=O) groups is 2. The molecule has 0 spiro atoms. The van der Waals surface area contributed by atoms with Crippen LogP contribution in [0.15, 0.2) is 54.6 Å². The van der Waals surface area contributed by atoms with Crippen molar-refractivity contribution in [1.29, 1.82) is 0 Å². The van der Waals surface area contributed by atoms with Crippen molar-refractivity contribution in [1.82, 2.24) is 5.32 Å². The van der Waals surface area contributed by atoms with Crippen LogP contribution in [0.3, 0.4) is 0 Å². The molecule has 2 aromatic carbocycles. The number of nitrogens with one attached hydrogen (secondary N) is 1. The Bertz CT molecular complexity index is 640. The molecule has 0 saturated heterocycles. The van der Waals surface area contributed by atoms with Crippen molar-refractivity contribution in [3.63, 3.8) is 0 Å². The van der Waals surface area contributed by atoms with Gasteiger partial charge in [0.25, 0.3) is 5.91 Å². The third kappa shape index (κ3) is 3.39. The van der Waals surface area contributed by atoms with E-state index in [-0.39, 0.29) is 0 Å². The zero-order chi connectivity index (χ0) is 15.2. The van der Waals surface area contributed by atoms with Crippen LogP contribution in [0.4, 0.5) is 0 Å². The van der Waals surface area contributed by atoms with E-state index in [1.54, 1.807) is 54.6 Å². The summed E-state index contributed by atoms with van der Waals surface area (Å²) >= 11 is 0. The fraction of sp³-hybridized carbons (Fsp3) is 0.125. The molecular formula is C16H15NO4. The van der Waals surface area contributed by atoms with Crippen molar-refractivity contribution in [2.24, 2.45) is 0 Å². The molecule has 0 aliphatic rings. The maximum absolute atomic E-state index is 12.3. The molecule has 0 aromatic heterocycles. The second-order valence-corrected chi connectivity index (χ2v) is 4.36. The Morgan fingerprint density at radius 3 is 2.29 bits per heavy atom. The highest BCUT2D eigenvalue weighted by molar-refractivity contribution is 5.99. The number of benzene rings is 2. The van der Waals surface area contributed by atoms with Gasteiger partial charge in [-0.1, -0.05) is 42.5 Å². The third-order valence-corrected chi connectivity index (χ3v) is 3.01. The summed E-state index contributed by atoms with van der Waals surface area (Å²) in [5.74, 6) is -1.22. The van der Waals surface area contributed by atoms with Crippen LogP contribution in [0.2, 0.25) is 0 Å². The van der Waals surface area contributed by atoms with E-state index in [9.17, 15) is 14.7 Å². The zero-order valence-electron chi connectivity index (χ0n) is 11.4. The van der Waals surface area contributed by atoms with Crippen LogP contribution in [0.25, 0.3) is 0 Å². The van der Waals surface area contributed by atoms with Crippen LogP contribution < -0.4 is 10.1 Å². The van der Waals surface area contributed by atoms with E-state index < -0.39 is 17.9 Å². The molecule has 2 aromatic rings. The van der Waals surface area contributed by atoms with Crippen molar-refractivity contribution in [3.05, 3.63) is 65.7 Å². The first kappa shape index (κ1) is 14.6. The maximum Gasteiger partial charge on any atom is 0.330 e. The molecular weight excluding hydrogens is 270 g/mol. The van der Waals surface area contributed by atoms with Crippen molar-refractivity contribution in [3.8, 4) is 5.75 Å². The molecule has 0 fully saturated rings. The molecule has 0 unspecified atom stereocenters. The second-order valence-electron chi connectivity index (χ2n) is 4.36. The van der Waals surface area contributed by atoms with Gasteiger partial charge in [-0.15, -0.1) is 0 Å². The summed E-state index contributed by atoms with van der Waals surface area (Å²) in [6.07, 6.45) is 0. The molecule has 2 N–H and O–H groups in total. The molecule has 5 heteroatoms. The number of carboxylic acid groups (broad SMARTS) is 1. The summed E-state index contributed by atoms with van der Waals surface area (Å²) in [4.78, 5) is 23.6. The lowest BCUT2D eigenvalue weighted by atomic mass is 10.1. The standard InChI is InChI=1S/C16H15NO4/c1-21-13-10-6-5-9-12(13)15(18)17-14(16(19)20)11-7-3-2-4-8-11/h2-10,14H,1H3,(H,17,18)(H,19,20)/t14-/m0/s1. The molecule has 2 rings (SSSR count). The summed E-state index contributed by atoms with van der Waals surface area (Å²) in [6, 6.07) is 14.1. The van der Waals surface area contributed by atoms with Gasteiger partial charge in [-0.2, -0.15) is 0 Å². The Kier molecular flexibility index (Phi) is 4.56. The van der Waals surface area contributed by atoms with Gasteiger partial charge in [-0.05, 0) is 17.7 Å². The lowest BCUT2D eigenvalue weighted by molar-refractivity contribution is -0.139. The second kappa shape index (κ2) is 6.56. The minimum atomic E-state index is -1.12. The van der Waals surface area contributed by atoms with Gasteiger partial charge in [-0.3, -0.25) is 4.79 Å². The largest absolute Gasteiger partial charge is 0.496 e. The summed E-state index contributed by atoms with van der Waals surface area (Å²) in [7, 11) is 1.46. The van der Waals surface area contributed by atoms with Crippen molar-refractivity contribution >= 4 is 11.9 Å². The number of ether oxygens (including phenoxy) is 1. The average molecular weight is 285 g/mol. The Morgan fingerprint density at radius 1 is 1.05 bits per heavy atom. The Morgan fingerprint density at radius 2 is 1.67 bits per heavy atom. The van der Waals surface area contributed by atoms with Gasteiger partial charge in [0.1, 0.15) is 5.75 Å². The van der Waals surface area contributed by atoms with Crippen molar-refractivity contribution in [2.45, 2.75) is 6.04 Å². The maximum atomic E-state index is 12.3. The average Bonchev–Trinajstić information content (AvgIpc) is 2.52. The smallest absolute Gasteiger partial charge is 0.330 e. The van der Waals surface area contributed by atoms with Crippen LogP contribution in [-0.4, -0.2) is 24.1 Å². The molecule has 0 aliphatic heterocycles. The first-order valence-corrected chi connectivity index (χ1v) is 6.35. The highest BCUT2D eigenvalue weighted by Crippen LogP contribution is 2.19. The van der Waals surface area contributed by atoms with Crippen LogP contribution in [0.5, 0.6) is 5.75 Å². The van der Waals surface area contributed by atoms with Gasteiger partial charge in [-0.25, -0.2) is 4.79 Å². The first-order chi connectivity index (χ1) is 10.1. The summed E-state index contributed by atoms with van der Waals surface area (Å²) in [6.45, 7) is 0. The summed E-state index contributed by atoms with van der Waals surface area (Å²) < 4.78 is 5.11. The Hall–Kier alpha value is -2.82. The van der Waals surface area contributed by atoms with E-state index in [1.165, 1.54) is 7.11 Å². The highest BCUT2D eigenvalue weighted by atomic mass is 16.5. The number of carboxylic acids is 1. The topological polar surface area (TPSA) is 75.6 Å². The van der Waals surface area contributed by atoms with Gasteiger partial charge in [0.05, 0.1) is 12.7 Å². The van der Waals surface area contributed by atoms with Crippen LogP contribution >= 0.6 is 0 Å². The first-order valence-electron chi connectivity index (χ1n) is 6.35. The molecule has 5 nitrogen and oxygen atoms in total. The molecule has 0 heterocycles. The number of rotatable bonds is 5. The fourth-order valence-corrected chi connectivity index (χ4v) is 1.97. The lowest BCUT2D eigenvalue weighted by Gasteiger charge is -2.16. The predicted molar refractivity (Wildman–Crippen MR) is 77.3 cm³/mol. The van der Waals surface area contributed by atoms with Gasteiger partial charge in [0.15, 0.2) is 6.04 Å². The van der Waals surface area contributed by atoms with E-state index in [4.69, 9.17) is 4.74 Å². The number of amides is 1. The monoisotopic (exact) mass is 285 g/mol. The van der Waals surface area contributed by atoms with Gasteiger partial charge < -0.3 is 15.2 Å². The summed E-state index contributed by atoms with van der Waals surface area (Å²) in [5, 5.41) is 11.8. The van der Waals surface area contributed by atoms with Crippen LogP contribution in [0, 0.1) is 0 Å². The van der Waals surface area contributed by atoms with E-state index in [0.29, 0.717) is 16.9 Å². The van der Waals surface area contributed by atoms with Gasteiger partial charge in [0.2, 0.25) is 0 Å². The SMILES string of the molecule is COc1ccccc1C(=O)N[C@H](C(=O)O)c1ccccc1. The van der Waals surface area contributed by atoms with E-state index in [2.05, 4.69) is 5.32 Å². The van der Waals surface area contributed by atoms with Crippen molar-refractivity contribution in [2.75, 3.05) is 7.11 Å². The molecule has 0 saturated carbocycles. The highest BCUT2D eigenvalue weighted by Gasteiger charge is 2.23. The minimum Gasteiger partial charge on any atom is -0.496 e.